The highest BCUT2D eigenvalue weighted by Gasteiger charge is 2.19. The lowest BCUT2D eigenvalue weighted by molar-refractivity contribution is 0.101. The summed E-state index contributed by atoms with van der Waals surface area (Å²) in [6.07, 6.45) is 0. The predicted molar refractivity (Wildman–Crippen MR) is 119 cm³/mol. The van der Waals surface area contributed by atoms with Gasteiger partial charge in [-0.05, 0) is 48.5 Å². The Kier molecular flexibility index (Phi) is 5.67. The van der Waals surface area contributed by atoms with Crippen LogP contribution in [-0.2, 0) is 0 Å². The number of rotatable bonds is 4. The van der Waals surface area contributed by atoms with E-state index in [1.165, 1.54) is 0 Å². The summed E-state index contributed by atoms with van der Waals surface area (Å²) in [5.41, 5.74) is 1.99. The summed E-state index contributed by atoms with van der Waals surface area (Å²) in [6.45, 7) is 0. The molecule has 0 atom stereocenters. The molecular formula is C21H13BrCl2N4O. The number of benzene rings is 3. The maximum absolute atomic E-state index is 12.8. The molecule has 1 N–H and O–H groups in total. The van der Waals surface area contributed by atoms with E-state index in [0.717, 1.165) is 15.7 Å². The fraction of sp³-hybridized carbons (Fsp3) is 0. The van der Waals surface area contributed by atoms with Crippen LogP contribution in [0.25, 0.3) is 17.1 Å². The molecule has 1 aromatic heterocycles. The molecule has 4 aromatic rings. The minimum absolute atomic E-state index is 0.0165. The van der Waals surface area contributed by atoms with Crippen molar-refractivity contribution in [1.82, 2.24) is 14.8 Å². The summed E-state index contributed by atoms with van der Waals surface area (Å²) >= 11 is 15.7. The number of halogens is 3. The van der Waals surface area contributed by atoms with Crippen LogP contribution < -0.4 is 5.32 Å². The van der Waals surface area contributed by atoms with Crippen LogP contribution in [0.5, 0.6) is 0 Å². The molecule has 1 heterocycles. The molecule has 0 saturated carbocycles. The van der Waals surface area contributed by atoms with E-state index in [0.29, 0.717) is 21.6 Å². The van der Waals surface area contributed by atoms with Gasteiger partial charge in [0.15, 0.2) is 5.82 Å². The standard InChI is InChI=1S/C21H13BrCl2N4O/c22-14-8-10-16(11-9-14)28-20(13-4-3-5-15(23)12-13)26-19(27-28)21(29)25-18-7-2-1-6-17(18)24/h1-12H,(H,25,29). The molecule has 0 aliphatic rings. The van der Waals surface area contributed by atoms with Crippen molar-refractivity contribution in [3.63, 3.8) is 0 Å². The van der Waals surface area contributed by atoms with Crippen LogP contribution in [0.3, 0.4) is 0 Å². The smallest absolute Gasteiger partial charge is 0.295 e. The number of carbonyl (C=O) groups excluding carboxylic acids is 1. The third-order valence-electron chi connectivity index (χ3n) is 4.09. The van der Waals surface area contributed by atoms with Crippen LogP contribution in [0.4, 0.5) is 5.69 Å². The molecular weight excluding hydrogens is 475 g/mol. The molecule has 144 valence electrons. The van der Waals surface area contributed by atoms with Crippen LogP contribution in [-0.4, -0.2) is 20.7 Å². The average Bonchev–Trinajstić information content (AvgIpc) is 3.16. The van der Waals surface area contributed by atoms with Crippen LogP contribution in [0.2, 0.25) is 10.0 Å². The van der Waals surface area contributed by atoms with Crippen LogP contribution in [0.15, 0.2) is 77.3 Å². The Morgan fingerprint density at radius 3 is 2.45 bits per heavy atom. The Balaban J connectivity index is 1.78. The summed E-state index contributed by atoms with van der Waals surface area (Å²) in [5.74, 6) is 0.0548. The monoisotopic (exact) mass is 486 g/mol. The molecule has 8 heteroatoms. The topological polar surface area (TPSA) is 59.8 Å². The van der Waals surface area contributed by atoms with Gasteiger partial charge in [0.05, 0.1) is 16.4 Å². The zero-order chi connectivity index (χ0) is 20.4. The molecule has 0 aliphatic heterocycles. The normalized spacial score (nSPS) is 10.7. The molecule has 1 amide bonds. The highest BCUT2D eigenvalue weighted by Crippen LogP contribution is 2.26. The molecule has 5 nitrogen and oxygen atoms in total. The number of carbonyl (C=O) groups is 1. The number of nitrogens with zero attached hydrogens (tertiary/aromatic N) is 3. The van der Waals surface area contributed by atoms with Crippen LogP contribution in [0, 0.1) is 0 Å². The quantitative estimate of drug-likeness (QED) is 0.369. The van der Waals surface area contributed by atoms with Crippen molar-refractivity contribution in [2.45, 2.75) is 0 Å². The fourth-order valence-electron chi connectivity index (χ4n) is 2.73. The van der Waals surface area contributed by atoms with Gasteiger partial charge >= 0.3 is 0 Å². The number of hydrogen-bond acceptors (Lipinski definition) is 3. The van der Waals surface area contributed by atoms with E-state index in [1.54, 1.807) is 41.1 Å². The zero-order valence-electron chi connectivity index (χ0n) is 14.8. The van der Waals surface area contributed by atoms with Crippen molar-refractivity contribution >= 4 is 50.7 Å². The lowest BCUT2D eigenvalue weighted by Crippen LogP contribution is -2.14. The predicted octanol–water partition coefficient (Wildman–Crippen LogP) is 6.26. The molecule has 0 fully saturated rings. The Bertz CT molecular complexity index is 1190. The zero-order valence-corrected chi connectivity index (χ0v) is 17.9. The van der Waals surface area contributed by atoms with Gasteiger partial charge in [-0.2, -0.15) is 0 Å². The molecule has 0 unspecified atom stereocenters. The first-order valence-corrected chi connectivity index (χ1v) is 10.1. The Morgan fingerprint density at radius 2 is 1.72 bits per heavy atom. The highest BCUT2D eigenvalue weighted by molar-refractivity contribution is 9.10. The second kappa shape index (κ2) is 8.37. The first-order chi connectivity index (χ1) is 14.0. The highest BCUT2D eigenvalue weighted by atomic mass is 79.9. The van der Waals surface area contributed by atoms with E-state index in [4.69, 9.17) is 23.2 Å². The first kappa shape index (κ1) is 19.6. The Morgan fingerprint density at radius 1 is 0.966 bits per heavy atom. The fourth-order valence-corrected chi connectivity index (χ4v) is 3.36. The summed E-state index contributed by atoms with van der Waals surface area (Å²) in [6, 6.07) is 21.8. The number of para-hydroxylation sites is 1. The van der Waals surface area contributed by atoms with Gasteiger partial charge in [0.25, 0.3) is 5.91 Å². The van der Waals surface area contributed by atoms with Gasteiger partial charge in [-0.25, -0.2) is 9.67 Å². The van der Waals surface area contributed by atoms with Gasteiger partial charge in [-0.1, -0.05) is 63.4 Å². The van der Waals surface area contributed by atoms with Gasteiger partial charge < -0.3 is 5.32 Å². The summed E-state index contributed by atoms with van der Waals surface area (Å²) in [7, 11) is 0. The number of nitrogens with one attached hydrogen (secondary N) is 1. The van der Waals surface area contributed by atoms with E-state index >= 15 is 0 Å². The van der Waals surface area contributed by atoms with Crippen molar-refractivity contribution in [2.75, 3.05) is 5.32 Å². The second-order valence-electron chi connectivity index (χ2n) is 6.09. The molecule has 0 radical (unpaired) electrons. The molecule has 29 heavy (non-hydrogen) atoms. The lowest BCUT2D eigenvalue weighted by atomic mass is 10.2. The summed E-state index contributed by atoms with van der Waals surface area (Å²) in [5, 5.41) is 8.18. The largest absolute Gasteiger partial charge is 0.318 e. The summed E-state index contributed by atoms with van der Waals surface area (Å²) in [4.78, 5) is 17.2. The molecule has 0 aliphatic carbocycles. The first-order valence-electron chi connectivity index (χ1n) is 8.56. The number of anilines is 1. The average molecular weight is 488 g/mol. The van der Waals surface area contributed by atoms with Crippen LogP contribution in [0.1, 0.15) is 10.6 Å². The maximum Gasteiger partial charge on any atom is 0.295 e. The van der Waals surface area contributed by atoms with E-state index < -0.39 is 5.91 Å². The van der Waals surface area contributed by atoms with Crippen molar-refractivity contribution < 1.29 is 4.79 Å². The van der Waals surface area contributed by atoms with Gasteiger partial charge in [0, 0.05) is 15.1 Å². The van der Waals surface area contributed by atoms with Gasteiger partial charge in [0.2, 0.25) is 5.82 Å². The van der Waals surface area contributed by atoms with Gasteiger partial charge in [0.1, 0.15) is 0 Å². The van der Waals surface area contributed by atoms with Gasteiger partial charge in [-0.3, -0.25) is 4.79 Å². The van der Waals surface area contributed by atoms with E-state index in [9.17, 15) is 4.79 Å². The van der Waals surface area contributed by atoms with Crippen LogP contribution >= 0.6 is 39.1 Å². The maximum atomic E-state index is 12.8. The van der Waals surface area contributed by atoms with Gasteiger partial charge in [-0.15, -0.1) is 5.10 Å². The minimum Gasteiger partial charge on any atom is -0.318 e. The third kappa shape index (κ3) is 4.34. The molecule has 3 aromatic carbocycles. The molecule has 0 saturated heterocycles. The molecule has 4 rings (SSSR count). The second-order valence-corrected chi connectivity index (χ2v) is 7.85. The van der Waals surface area contributed by atoms with E-state index in [-0.39, 0.29) is 5.82 Å². The summed E-state index contributed by atoms with van der Waals surface area (Å²) < 4.78 is 2.54. The number of aromatic nitrogens is 3. The lowest BCUT2D eigenvalue weighted by Gasteiger charge is -2.06. The third-order valence-corrected chi connectivity index (χ3v) is 5.18. The van der Waals surface area contributed by atoms with Crippen molar-refractivity contribution in [3.05, 3.63) is 93.1 Å². The van der Waals surface area contributed by atoms with Crippen molar-refractivity contribution in [3.8, 4) is 17.1 Å². The molecule has 0 bridgehead atoms. The Labute approximate surface area is 185 Å². The van der Waals surface area contributed by atoms with Crippen molar-refractivity contribution in [1.29, 1.82) is 0 Å². The number of amides is 1. The van der Waals surface area contributed by atoms with Crippen molar-refractivity contribution in [2.24, 2.45) is 0 Å². The number of hydrogen-bond donors (Lipinski definition) is 1. The Hall–Kier alpha value is -2.67. The molecule has 0 spiro atoms. The SMILES string of the molecule is O=C(Nc1ccccc1Cl)c1nc(-c2cccc(Cl)c2)n(-c2ccc(Br)cc2)n1. The van der Waals surface area contributed by atoms with E-state index in [2.05, 4.69) is 31.3 Å². The minimum atomic E-state index is -0.461. The van der Waals surface area contributed by atoms with E-state index in [1.807, 2.05) is 36.4 Å².